The molecule has 1 aliphatic heterocycles. The van der Waals surface area contributed by atoms with Crippen LogP contribution >= 0.6 is 11.6 Å². The number of amides is 1. The van der Waals surface area contributed by atoms with Gasteiger partial charge < -0.3 is 10.2 Å². The number of rotatable bonds is 4. The van der Waals surface area contributed by atoms with Crippen LogP contribution in [0.25, 0.3) is 10.9 Å². The highest BCUT2D eigenvalue weighted by Crippen LogP contribution is 2.22. The van der Waals surface area contributed by atoms with E-state index in [1.54, 1.807) is 6.20 Å². The smallest absolute Gasteiger partial charge is 0.238 e. The highest BCUT2D eigenvalue weighted by atomic mass is 35.5. The molecule has 0 spiro atoms. The van der Waals surface area contributed by atoms with Gasteiger partial charge in [0.1, 0.15) is 0 Å². The van der Waals surface area contributed by atoms with Crippen LogP contribution in [0.5, 0.6) is 0 Å². The zero-order valence-electron chi connectivity index (χ0n) is 14.9. The van der Waals surface area contributed by atoms with Crippen LogP contribution in [-0.2, 0) is 4.79 Å². The highest BCUT2D eigenvalue weighted by Gasteiger charge is 2.19. The van der Waals surface area contributed by atoms with Crippen LogP contribution in [0.2, 0.25) is 5.02 Å². The van der Waals surface area contributed by atoms with Crippen molar-refractivity contribution in [2.75, 3.05) is 42.9 Å². The number of carbonyl (C=O) groups is 1. The predicted molar refractivity (Wildman–Crippen MR) is 110 cm³/mol. The molecule has 1 fully saturated rings. The van der Waals surface area contributed by atoms with Crippen molar-refractivity contribution in [3.63, 3.8) is 0 Å². The Balaban J connectivity index is 1.34. The maximum atomic E-state index is 12.5. The quantitative estimate of drug-likeness (QED) is 0.750. The first-order valence-corrected chi connectivity index (χ1v) is 9.43. The van der Waals surface area contributed by atoms with Gasteiger partial charge in [-0.05, 0) is 30.3 Å². The lowest BCUT2D eigenvalue weighted by Crippen LogP contribution is -2.48. The van der Waals surface area contributed by atoms with Crippen LogP contribution in [0.15, 0.2) is 60.8 Å². The Bertz CT molecular complexity index is 948. The fourth-order valence-corrected chi connectivity index (χ4v) is 3.62. The van der Waals surface area contributed by atoms with E-state index >= 15 is 0 Å². The second-order valence-electron chi connectivity index (χ2n) is 6.67. The molecule has 1 aliphatic rings. The van der Waals surface area contributed by atoms with Gasteiger partial charge in [-0.25, -0.2) is 0 Å². The van der Waals surface area contributed by atoms with Gasteiger partial charge in [0.2, 0.25) is 5.91 Å². The molecule has 0 unspecified atom stereocenters. The monoisotopic (exact) mass is 380 g/mol. The van der Waals surface area contributed by atoms with Crippen molar-refractivity contribution in [1.82, 2.24) is 9.88 Å². The number of hydrogen-bond donors (Lipinski definition) is 1. The lowest BCUT2D eigenvalue weighted by molar-refractivity contribution is -0.117. The number of pyridine rings is 1. The summed E-state index contributed by atoms with van der Waals surface area (Å²) >= 11 is 6.08. The van der Waals surface area contributed by atoms with Crippen molar-refractivity contribution in [2.45, 2.75) is 0 Å². The molecular formula is C21H21ClN4O. The molecule has 2 heterocycles. The average molecular weight is 381 g/mol. The molecule has 0 aliphatic carbocycles. The maximum Gasteiger partial charge on any atom is 0.238 e. The zero-order chi connectivity index (χ0) is 18.6. The Labute approximate surface area is 163 Å². The lowest BCUT2D eigenvalue weighted by atomic mass is 10.2. The number of halogens is 1. The molecule has 1 N–H and O–H groups in total. The predicted octanol–water partition coefficient (Wildman–Crippen LogP) is 3.65. The molecule has 4 rings (SSSR count). The van der Waals surface area contributed by atoms with Crippen molar-refractivity contribution < 1.29 is 4.79 Å². The molecule has 2 aromatic carbocycles. The molecule has 0 atom stereocenters. The molecule has 1 saturated heterocycles. The van der Waals surface area contributed by atoms with E-state index in [1.165, 1.54) is 0 Å². The molecule has 3 aromatic rings. The van der Waals surface area contributed by atoms with Crippen LogP contribution in [0, 0.1) is 0 Å². The van der Waals surface area contributed by atoms with Gasteiger partial charge in [-0.3, -0.25) is 14.7 Å². The largest absolute Gasteiger partial charge is 0.369 e. The molecule has 1 amide bonds. The number of nitrogens with zero attached hydrogens (tertiary/aromatic N) is 3. The maximum absolute atomic E-state index is 12.5. The van der Waals surface area contributed by atoms with E-state index in [0.29, 0.717) is 6.54 Å². The van der Waals surface area contributed by atoms with Crippen molar-refractivity contribution in [2.24, 2.45) is 0 Å². The minimum absolute atomic E-state index is 0.00985. The fourth-order valence-electron chi connectivity index (χ4n) is 3.43. The summed E-state index contributed by atoms with van der Waals surface area (Å²) in [5.74, 6) is -0.00985. The molecule has 0 bridgehead atoms. The van der Waals surface area contributed by atoms with Crippen LogP contribution < -0.4 is 10.2 Å². The third kappa shape index (κ3) is 4.21. The molecular weight excluding hydrogens is 360 g/mol. The number of hydrogen-bond acceptors (Lipinski definition) is 4. The molecule has 27 heavy (non-hydrogen) atoms. The fraction of sp³-hybridized carbons (Fsp3) is 0.238. The highest BCUT2D eigenvalue weighted by molar-refractivity contribution is 6.30. The zero-order valence-corrected chi connectivity index (χ0v) is 15.7. The Morgan fingerprint density at radius 2 is 1.81 bits per heavy atom. The second-order valence-corrected chi connectivity index (χ2v) is 7.11. The number of aromatic nitrogens is 1. The summed E-state index contributed by atoms with van der Waals surface area (Å²) in [7, 11) is 0. The number of benzene rings is 2. The van der Waals surface area contributed by atoms with Gasteiger partial charge in [0.15, 0.2) is 0 Å². The average Bonchev–Trinajstić information content (AvgIpc) is 2.69. The van der Waals surface area contributed by atoms with E-state index in [-0.39, 0.29) is 5.91 Å². The van der Waals surface area contributed by atoms with Crippen molar-refractivity contribution >= 4 is 39.8 Å². The number of carbonyl (C=O) groups excluding carboxylic acids is 1. The molecule has 1 aromatic heterocycles. The Morgan fingerprint density at radius 3 is 2.63 bits per heavy atom. The normalized spacial score (nSPS) is 15.1. The lowest BCUT2D eigenvalue weighted by Gasteiger charge is -2.35. The van der Waals surface area contributed by atoms with Crippen LogP contribution in [0.3, 0.4) is 0 Å². The third-order valence-electron chi connectivity index (χ3n) is 4.82. The van der Waals surface area contributed by atoms with Crippen molar-refractivity contribution in [3.8, 4) is 0 Å². The number of piperazine rings is 1. The van der Waals surface area contributed by atoms with Gasteiger partial charge >= 0.3 is 0 Å². The minimum atomic E-state index is -0.00985. The molecule has 138 valence electrons. The van der Waals surface area contributed by atoms with Gasteiger partial charge in [0, 0.05) is 48.5 Å². The Hall–Kier alpha value is -2.63. The first kappa shape index (κ1) is 17.8. The van der Waals surface area contributed by atoms with Gasteiger partial charge in [-0.15, -0.1) is 0 Å². The first-order chi connectivity index (χ1) is 13.2. The van der Waals surface area contributed by atoms with Gasteiger partial charge in [-0.2, -0.15) is 0 Å². The topological polar surface area (TPSA) is 48.5 Å². The second kappa shape index (κ2) is 7.94. The Kier molecular flexibility index (Phi) is 5.23. The van der Waals surface area contributed by atoms with Crippen LogP contribution in [0.1, 0.15) is 0 Å². The summed E-state index contributed by atoms with van der Waals surface area (Å²) in [5, 5.41) is 4.78. The van der Waals surface area contributed by atoms with E-state index in [4.69, 9.17) is 11.6 Å². The van der Waals surface area contributed by atoms with Crippen molar-refractivity contribution in [3.05, 3.63) is 65.8 Å². The summed E-state index contributed by atoms with van der Waals surface area (Å²) in [6, 6.07) is 17.6. The van der Waals surface area contributed by atoms with Crippen LogP contribution in [-0.4, -0.2) is 48.5 Å². The molecule has 6 heteroatoms. The van der Waals surface area contributed by atoms with E-state index in [2.05, 4.69) is 26.2 Å². The van der Waals surface area contributed by atoms with Gasteiger partial charge in [0.05, 0.1) is 17.7 Å². The summed E-state index contributed by atoms with van der Waals surface area (Å²) in [4.78, 5) is 21.4. The third-order valence-corrected chi connectivity index (χ3v) is 5.05. The summed E-state index contributed by atoms with van der Waals surface area (Å²) < 4.78 is 0. The van der Waals surface area contributed by atoms with E-state index in [0.717, 1.165) is 53.5 Å². The molecule has 0 radical (unpaired) electrons. The van der Waals surface area contributed by atoms with Crippen molar-refractivity contribution in [1.29, 1.82) is 0 Å². The van der Waals surface area contributed by atoms with Crippen LogP contribution in [0.4, 0.5) is 11.4 Å². The minimum Gasteiger partial charge on any atom is -0.369 e. The standard InChI is InChI=1S/C21H21ClN4O/c22-17-6-2-7-18(14-17)26-12-10-25(11-13-26)15-20(27)24-19-8-1-4-16-5-3-9-23-21(16)19/h1-9,14H,10-13,15H2,(H,24,27). The molecule has 5 nitrogen and oxygen atoms in total. The van der Waals surface area contributed by atoms with E-state index in [1.807, 2.05) is 48.5 Å². The molecule has 0 saturated carbocycles. The number of fused-ring (bicyclic) bond motifs is 1. The number of anilines is 2. The van der Waals surface area contributed by atoms with E-state index < -0.39 is 0 Å². The number of para-hydroxylation sites is 1. The Morgan fingerprint density at radius 1 is 1.04 bits per heavy atom. The SMILES string of the molecule is O=C(CN1CCN(c2cccc(Cl)c2)CC1)Nc1cccc2cccnc12. The summed E-state index contributed by atoms with van der Waals surface area (Å²) in [5.41, 5.74) is 2.71. The first-order valence-electron chi connectivity index (χ1n) is 9.05. The van der Waals surface area contributed by atoms with Gasteiger partial charge in [-0.1, -0.05) is 35.9 Å². The van der Waals surface area contributed by atoms with E-state index in [9.17, 15) is 4.79 Å². The van der Waals surface area contributed by atoms with Gasteiger partial charge in [0.25, 0.3) is 0 Å². The number of nitrogens with one attached hydrogen (secondary N) is 1. The summed E-state index contributed by atoms with van der Waals surface area (Å²) in [6.45, 7) is 3.82. The summed E-state index contributed by atoms with van der Waals surface area (Å²) in [6.07, 6.45) is 1.74.